The first-order chi connectivity index (χ1) is 7.09. The number of ether oxygens (including phenoxy) is 1. The minimum Gasteiger partial charge on any atom is -0.449 e. The number of likely N-dealkylation sites (tertiary alicyclic amines) is 1. The lowest BCUT2D eigenvalue weighted by atomic mass is 10.0. The first-order valence-corrected chi connectivity index (χ1v) is 6.01. The highest BCUT2D eigenvalue weighted by Crippen LogP contribution is 2.17. The standard InChI is InChI=1S/C12H23NO2/c1-10(2)9-15-12(14)13-7-4-5-11(3)6-8-13/h10-11H,4-9H2,1-3H3. The summed E-state index contributed by atoms with van der Waals surface area (Å²) >= 11 is 0. The molecule has 0 aliphatic carbocycles. The van der Waals surface area contributed by atoms with Crippen molar-refractivity contribution < 1.29 is 9.53 Å². The van der Waals surface area contributed by atoms with Crippen LogP contribution < -0.4 is 0 Å². The van der Waals surface area contributed by atoms with Gasteiger partial charge in [-0.15, -0.1) is 0 Å². The van der Waals surface area contributed by atoms with Gasteiger partial charge in [0.25, 0.3) is 0 Å². The molecule has 1 amide bonds. The molecule has 0 N–H and O–H groups in total. The molecule has 0 aromatic carbocycles. The molecule has 1 aliphatic heterocycles. The Bertz CT molecular complexity index is 204. The molecule has 1 unspecified atom stereocenters. The molecule has 1 saturated heterocycles. The third-order valence-electron chi connectivity index (χ3n) is 2.82. The highest BCUT2D eigenvalue weighted by Gasteiger charge is 2.19. The van der Waals surface area contributed by atoms with E-state index in [4.69, 9.17) is 4.74 Å². The summed E-state index contributed by atoms with van der Waals surface area (Å²) in [6.45, 7) is 8.61. The fourth-order valence-electron chi connectivity index (χ4n) is 1.77. The molecule has 1 aliphatic rings. The van der Waals surface area contributed by atoms with Gasteiger partial charge in [-0.05, 0) is 31.1 Å². The van der Waals surface area contributed by atoms with Gasteiger partial charge in [-0.3, -0.25) is 0 Å². The van der Waals surface area contributed by atoms with Gasteiger partial charge in [-0.1, -0.05) is 20.8 Å². The molecular formula is C12H23NO2. The fourth-order valence-corrected chi connectivity index (χ4v) is 1.77. The van der Waals surface area contributed by atoms with Crippen LogP contribution in [0.2, 0.25) is 0 Å². The average molecular weight is 213 g/mol. The maximum absolute atomic E-state index is 11.7. The molecule has 0 saturated carbocycles. The molecular weight excluding hydrogens is 190 g/mol. The van der Waals surface area contributed by atoms with Crippen molar-refractivity contribution in [1.82, 2.24) is 4.90 Å². The summed E-state index contributed by atoms with van der Waals surface area (Å²) in [4.78, 5) is 13.5. The minimum atomic E-state index is -0.127. The van der Waals surface area contributed by atoms with Crippen molar-refractivity contribution in [2.24, 2.45) is 11.8 Å². The number of amides is 1. The molecule has 88 valence electrons. The van der Waals surface area contributed by atoms with Crippen LogP contribution in [0.5, 0.6) is 0 Å². The summed E-state index contributed by atoms with van der Waals surface area (Å²) in [6, 6.07) is 0. The fraction of sp³-hybridized carbons (Fsp3) is 0.917. The lowest BCUT2D eigenvalue weighted by Gasteiger charge is -2.20. The molecule has 1 atom stereocenters. The van der Waals surface area contributed by atoms with E-state index in [2.05, 4.69) is 20.8 Å². The van der Waals surface area contributed by atoms with Crippen molar-refractivity contribution >= 4 is 6.09 Å². The van der Waals surface area contributed by atoms with Crippen LogP contribution in [0.25, 0.3) is 0 Å². The maximum atomic E-state index is 11.7. The van der Waals surface area contributed by atoms with E-state index >= 15 is 0 Å². The highest BCUT2D eigenvalue weighted by molar-refractivity contribution is 5.67. The zero-order chi connectivity index (χ0) is 11.3. The van der Waals surface area contributed by atoms with Gasteiger partial charge in [-0.25, -0.2) is 4.79 Å². The maximum Gasteiger partial charge on any atom is 0.409 e. The molecule has 3 nitrogen and oxygen atoms in total. The Hall–Kier alpha value is -0.730. The summed E-state index contributed by atoms with van der Waals surface area (Å²) in [5.41, 5.74) is 0. The molecule has 0 radical (unpaired) electrons. The van der Waals surface area contributed by atoms with Crippen molar-refractivity contribution in [2.75, 3.05) is 19.7 Å². The molecule has 1 heterocycles. The van der Waals surface area contributed by atoms with Crippen LogP contribution in [0.1, 0.15) is 40.0 Å². The van der Waals surface area contributed by atoms with Crippen molar-refractivity contribution in [2.45, 2.75) is 40.0 Å². The van der Waals surface area contributed by atoms with Gasteiger partial charge >= 0.3 is 6.09 Å². The van der Waals surface area contributed by atoms with E-state index in [-0.39, 0.29) is 6.09 Å². The predicted molar refractivity (Wildman–Crippen MR) is 60.8 cm³/mol. The quantitative estimate of drug-likeness (QED) is 0.706. The van der Waals surface area contributed by atoms with Crippen LogP contribution in [0.4, 0.5) is 4.79 Å². The second-order valence-electron chi connectivity index (χ2n) is 4.99. The van der Waals surface area contributed by atoms with E-state index in [1.54, 1.807) is 0 Å². The SMILES string of the molecule is CC(C)COC(=O)N1CCCC(C)CC1. The molecule has 15 heavy (non-hydrogen) atoms. The van der Waals surface area contributed by atoms with Crippen LogP contribution in [-0.4, -0.2) is 30.7 Å². The van der Waals surface area contributed by atoms with Crippen molar-refractivity contribution in [3.05, 3.63) is 0 Å². The van der Waals surface area contributed by atoms with Gasteiger partial charge in [-0.2, -0.15) is 0 Å². The first-order valence-electron chi connectivity index (χ1n) is 6.01. The Balaban J connectivity index is 2.31. The number of hydrogen-bond acceptors (Lipinski definition) is 2. The molecule has 1 fully saturated rings. The lowest BCUT2D eigenvalue weighted by molar-refractivity contribution is 0.0929. The van der Waals surface area contributed by atoms with Crippen LogP contribution in [0, 0.1) is 11.8 Å². The molecule has 0 aromatic rings. The number of hydrogen-bond donors (Lipinski definition) is 0. The first kappa shape index (κ1) is 12.3. The Morgan fingerprint density at radius 1 is 1.40 bits per heavy atom. The molecule has 1 rings (SSSR count). The summed E-state index contributed by atoms with van der Waals surface area (Å²) < 4.78 is 5.22. The van der Waals surface area contributed by atoms with Gasteiger partial charge in [0, 0.05) is 13.1 Å². The predicted octanol–water partition coefficient (Wildman–Crippen LogP) is 2.90. The summed E-state index contributed by atoms with van der Waals surface area (Å²) in [5.74, 6) is 1.16. The second-order valence-corrected chi connectivity index (χ2v) is 4.99. The largest absolute Gasteiger partial charge is 0.449 e. The van der Waals surface area contributed by atoms with Crippen LogP contribution in [-0.2, 0) is 4.74 Å². The van der Waals surface area contributed by atoms with Crippen LogP contribution in [0.15, 0.2) is 0 Å². The van der Waals surface area contributed by atoms with E-state index in [0.717, 1.165) is 31.8 Å². The van der Waals surface area contributed by atoms with Gasteiger partial charge in [0.15, 0.2) is 0 Å². The second kappa shape index (κ2) is 5.99. The van der Waals surface area contributed by atoms with Gasteiger partial charge < -0.3 is 9.64 Å². The average Bonchev–Trinajstić information content (AvgIpc) is 2.39. The minimum absolute atomic E-state index is 0.127. The van der Waals surface area contributed by atoms with Crippen molar-refractivity contribution in [3.63, 3.8) is 0 Å². The molecule has 0 bridgehead atoms. The zero-order valence-corrected chi connectivity index (χ0v) is 10.2. The Morgan fingerprint density at radius 2 is 2.13 bits per heavy atom. The third-order valence-corrected chi connectivity index (χ3v) is 2.82. The Morgan fingerprint density at radius 3 is 2.80 bits per heavy atom. The smallest absolute Gasteiger partial charge is 0.409 e. The van der Waals surface area contributed by atoms with E-state index < -0.39 is 0 Å². The number of carbonyl (C=O) groups excluding carboxylic acids is 1. The summed E-state index contributed by atoms with van der Waals surface area (Å²) in [5, 5.41) is 0. The zero-order valence-electron chi connectivity index (χ0n) is 10.2. The normalized spacial score (nSPS) is 22.7. The topological polar surface area (TPSA) is 29.5 Å². The van der Waals surface area contributed by atoms with Crippen LogP contribution in [0.3, 0.4) is 0 Å². The molecule has 0 aromatic heterocycles. The third kappa shape index (κ3) is 4.54. The van der Waals surface area contributed by atoms with Gasteiger partial charge in [0.1, 0.15) is 0 Å². The molecule has 3 heteroatoms. The summed E-state index contributed by atoms with van der Waals surface area (Å²) in [7, 11) is 0. The highest BCUT2D eigenvalue weighted by atomic mass is 16.6. The molecule has 0 spiro atoms. The van der Waals surface area contributed by atoms with E-state index in [0.29, 0.717) is 12.5 Å². The summed E-state index contributed by atoms with van der Waals surface area (Å²) in [6.07, 6.45) is 3.32. The number of carbonyl (C=O) groups is 1. The monoisotopic (exact) mass is 213 g/mol. The van der Waals surface area contributed by atoms with Gasteiger partial charge in [0.2, 0.25) is 0 Å². The number of nitrogens with zero attached hydrogens (tertiary/aromatic N) is 1. The van der Waals surface area contributed by atoms with E-state index in [9.17, 15) is 4.79 Å². The van der Waals surface area contributed by atoms with E-state index in [1.807, 2.05) is 4.90 Å². The Labute approximate surface area is 92.8 Å². The van der Waals surface area contributed by atoms with Crippen LogP contribution >= 0.6 is 0 Å². The number of rotatable bonds is 2. The Kier molecular flexibility index (Phi) is 4.92. The van der Waals surface area contributed by atoms with Crippen molar-refractivity contribution in [3.8, 4) is 0 Å². The van der Waals surface area contributed by atoms with Gasteiger partial charge in [0.05, 0.1) is 6.61 Å². The lowest BCUT2D eigenvalue weighted by Crippen LogP contribution is -2.33. The van der Waals surface area contributed by atoms with E-state index in [1.165, 1.54) is 6.42 Å². The van der Waals surface area contributed by atoms with Crippen molar-refractivity contribution in [1.29, 1.82) is 0 Å².